The van der Waals surface area contributed by atoms with Gasteiger partial charge in [0.2, 0.25) is 0 Å². The Morgan fingerprint density at radius 2 is 1.96 bits per heavy atom. The number of thiazole rings is 1. The SMILES string of the molecule is CC(C)c1nc(C(=O)N2C[C@H]3CC[C@@H]2CN(C2CCOCC2)C3)cs1. The summed E-state index contributed by atoms with van der Waals surface area (Å²) >= 11 is 1.62. The van der Waals surface area contributed by atoms with E-state index in [0.717, 1.165) is 57.1 Å². The standard InChI is InChI=1S/C19H29N3O2S/c1-13(2)18-20-17(12-25-18)19(23)22-10-14-3-4-16(22)11-21(9-14)15-5-7-24-8-6-15/h12-16H,3-11H2,1-2H3/t14-,16+/m0/s1. The molecule has 1 amide bonds. The number of hydrogen-bond acceptors (Lipinski definition) is 5. The highest BCUT2D eigenvalue weighted by Gasteiger charge is 2.40. The molecule has 0 unspecified atom stereocenters. The van der Waals surface area contributed by atoms with Crippen LogP contribution in [0.3, 0.4) is 0 Å². The van der Waals surface area contributed by atoms with Crippen LogP contribution in [0.1, 0.15) is 60.9 Å². The second-order valence-electron chi connectivity index (χ2n) is 8.08. The first kappa shape index (κ1) is 17.4. The zero-order chi connectivity index (χ0) is 17.4. The largest absolute Gasteiger partial charge is 0.381 e. The predicted molar refractivity (Wildman–Crippen MR) is 99.2 cm³/mol. The van der Waals surface area contributed by atoms with E-state index in [1.54, 1.807) is 11.3 Å². The number of hydrogen-bond donors (Lipinski definition) is 0. The van der Waals surface area contributed by atoms with E-state index < -0.39 is 0 Å². The fraction of sp³-hybridized carbons (Fsp3) is 0.789. The highest BCUT2D eigenvalue weighted by atomic mass is 32.1. The number of nitrogens with zero attached hydrogens (tertiary/aromatic N) is 3. The van der Waals surface area contributed by atoms with Crippen molar-refractivity contribution in [1.82, 2.24) is 14.8 Å². The van der Waals surface area contributed by atoms with Crippen molar-refractivity contribution in [3.05, 3.63) is 16.1 Å². The van der Waals surface area contributed by atoms with Crippen molar-refractivity contribution in [2.75, 3.05) is 32.8 Å². The van der Waals surface area contributed by atoms with Crippen molar-refractivity contribution in [3.8, 4) is 0 Å². The molecule has 0 aliphatic carbocycles. The van der Waals surface area contributed by atoms with Gasteiger partial charge in [0.05, 0.1) is 5.01 Å². The van der Waals surface area contributed by atoms with Crippen LogP contribution in [-0.4, -0.2) is 65.6 Å². The minimum atomic E-state index is 0.145. The van der Waals surface area contributed by atoms with E-state index in [1.807, 2.05) is 5.38 Å². The summed E-state index contributed by atoms with van der Waals surface area (Å²) in [6.07, 6.45) is 4.66. The molecule has 2 bridgehead atoms. The molecule has 6 heteroatoms. The molecule has 2 atom stereocenters. The van der Waals surface area contributed by atoms with Gasteiger partial charge in [-0.25, -0.2) is 4.98 Å². The molecule has 1 aromatic rings. The molecule has 5 nitrogen and oxygen atoms in total. The van der Waals surface area contributed by atoms with Gasteiger partial charge < -0.3 is 9.64 Å². The summed E-state index contributed by atoms with van der Waals surface area (Å²) in [5.41, 5.74) is 0.652. The Balaban J connectivity index is 1.48. The van der Waals surface area contributed by atoms with Crippen molar-refractivity contribution in [1.29, 1.82) is 0 Å². The Labute approximate surface area is 154 Å². The average Bonchev–Trinajstić information content (AvgIpc) is 2.95. The number of rotatable bonds is 3. The molecular formula is C19H29N3O2S. The number of piperidine rings is 1. The Bertz CT molecular complexity index is 612. The summed E-state index contributed by atoms with van der Waals surface area (Å²) in [5, 5.41) is 3.01. The molecule has 0 spiro atoms. The Morgan fingerprint density at radius 1 is 1.16 bits per heavy atom. The van der Waals surface area contributed by atoms with Gasteiger partial charge in [-0.15, -0.1) is 11.3 Å². The smallest absolute Gasteiger partial charge is 0.273 e. The lowest BCUT2D eigenvalue weighted by atomic mass is 9.94. The Kier molecular flexibility index (Phi) is 5.11. The van der Waals surface area contributed by atoms with E-state index in [4.69, 9.17) is 4.74 Å². The molecule has 5 heterocycles. The zero-order valence-electron chi connectivity index (χ0n) is 15.3. The molecule has 5 rings (SSSR count). The third-order valence-corrected chi connectivity index (χ3v) is 7.09. The van der Waals surface area contributed by atoms with Gasteiger partial charge in [-0.1, -0.05) is 13.8 Å². The molecule has 4 fully saturated rings. The lowest BCUT2D eigenvalue weighted by molar-refractivity contribution is 0.0304. The van der Waals surface area contributed by atoms with Crippen LogP contribution in [0.5, 0.6) is 0 Å². The van der Waals surface area contributed by atoms with Crippen molar-refractivity contribution in [3.63, 3.8) is 0 Å². The molecule has 0 aromatic carbocycles. The third-order valence-electron chi connectivity index (χ3n) is 5.94. The summed E-state index contributed by atoms with van der Waals surface area (Å²) < 4.78 is 5.53. The van der Waals surface area contributed by atoms with Gasteiger partial charge in [0, 0.05) is 56.2 Å². The minimum absolute atomic E-state index is 0.145. The number of carbonyl (C=O) groups excluding carboxylic acids is 1. The van der Waals surface area contributed by atoms with Gasteiger partial charge in [-0.05, 0) is 31.6 Å². The number of fused-ring (bicyclic) bond motifs is 4. The number of aromatic nitrogens is 1. The van der Waals surface area contributed by atoms with E-state index in [2.05, 4.69) is 28.6 Å². The van der Waals surface area contributed by atoms with Crippen LogP contribution in [-0.2, 0) is 4.74 Å². The molecule has 0 N–H and O–H groups in total. The Morgan fingerprint density at radius 3 is 2.68 bits per heavy atom. The summed E-state index contributed by atoms with van der Waals surface area (Å²) in [7, 11) is 0. The van der Waals surface area contributed by atoms with Crippen LogP contribution >= 0.6 is 11.3 Å². The van der Waals surface area contributed by atoms with Gasteiger partial charge in [-0.2, -0.15) is 0 Å². The summed E-state index contributed by atoms with van der Waals surface area (Å²) in [4.78, 5) is 22.5. The second kappa shape index (κ2) is 7.33. The second-order valence-corrected chi connectivity index (χ2v) is 8.97. The fourth-order valence-corrected chi connectivity index (χ4v) is 5.32. The fourth-order valence-electron chi connectivity index (χ4n) is 4.51. The third kappa shape index (κ3) is 3.62. The normalized spacial score (nSPS) is 28.5. The molecule has 138 valence electrons. The van der Waals surface area contributed by atoms with Crippen molar-refractivity contribution < 1.29 is 9.53 Å². The highest BCUT2D eigenvalue weighted by Crippen LogP contribution is 2.32. The number of ether oxygens (including phenoxy) is 1. The van der Waals surface area contributed by atoms with Gasteiger partial charge in [0.1, 0.15) is 5.69 Å². The van der Waals surface area contributed by atoms with Gasteiger partial charge in [-0.3, -0.25) is 9.69 Å². The molecular weight excluding hydrogens is 334 g/mol. The van der Waals surface area contributed by atoms with Crippen LogP contribution in [0.4, 0.5) is 0 Å². The van der Waals surface area contributed by atoms with Crippen LogP contribution in [0.2, 0.25) is 0 Å². The molecule has 4 aliphatic rings. The van der Waals surface area contributed by atoms with Crippen LogP contribution in [0.25, 0.3) is 0 Å². The maximum absolute atomic E-state index is 13.1. The number of amides is 1. The first-order valence-corrected chi connectivity index (χ1v) is 10.6. The van der Waals surface area contributed by atoms with Gasteiger partial charge in [0.15, 0.2) is 0 Å². The molecule has 0 radical (unpaired) electrons. The molecule has 25 heavy (non-hydrogen) atoms. The van der Waals surface area contributed by atoms with Gasteiger partial charge in [0.25, 0.3) is 5.91 Å². The predicted octanol–water partition coefficient (Wildman–Crippen LogP) is 2.98. The summed E-state index contributed by atoms with van der Waals surface area (Å²) in [5.74, 6) is 1.14. The van der Waals surface area contributed by atoms with Crippen LogP contribution < -0.4 is 0 Å². The van der Waals surface area contributed by atoms with Gasteiger partial charge >= 0.3 is 0 Å². The number of carbonyl (C=O) groups is 1. The highest BCUT2D eigenvalue weighted by molar-refractivity contribution is 7.09. The van der Waals surface area contributed by atoms with E-state index >= 15 is 0 Å². The lowest BCUT2D eigenvalue weighted by Crippen LogP contribution is -2.48. The van der Waals surface area contributed by atoms with Crippen molar-refractivity contribution in [2.45, 2.75) is 57.5 Å². The van der Waals surface area contributed by atoms with E-state index in [0.29, 0.717) is 29.6 Å². The lowest BCUT2D eigenvalue weighted by Gasteiger charge is -2.36. The summed E-state index contributed by atoms with van der Waals surface area (Å²) in [6.45, 7) is 9.09. The van der Waals surface area contributed by atoms with Crippen LogP contribution in [0, 0.1) is 5.92 Å². The van der Waals surface area contributed by atoms with E-state index in [1.165, 1.54) is 6.42 Å². The maximum atomic E-state index is 13.1. The Hall–Kier alpha value is -0.980. The molecule has 0 saturated carbocycles. The molecule has 1 aromatic heterocycles. The average molecular weight is 364 g/mol. The van der Waals surface area contributed by atoms with Crippen molar-refractivity contribution in [2.24, 2.45) is 5.92 Å². The van der Waals surface area contributed by atoms with Crippen LogP contribution in [0.15, 0.2) is 5.38 Å². The molecule has 4 saturated heterocycles. The monoisotopic (exact) mass is 363 g/mol. The summed E-state index contributed by atoms with van der Waals surface area (Å²) in [6, 6.07) is 0.983. The van der Waals surface area contributed by atoms with Crippen molar-refractivity contribution >= 4 is 17.2 Å². The minimum Gasteiger partial charge on any atom is -0.381 e. The van der Waals surface area contributed by atoms with E-state index in [-0.39, 0.29) is 5.91 Å². The first-order valence-electron chi connectivity index (χ1n) is 9.70. The first-order chi connectivity index (χ1) is 12.1. The topological polar surface area (TPSA) is 45.7 Å². The zero-order valence-corrected chi connectivity index (χ0v) is 16.1. The maximum Gasteiger partial charge on any atom is 0.273 e. The quantitative estimate of drug-likeness (QED) is 0.828. The molecule has 4 aliphatic heterocycles. The van der Waals surface area contributed by atoms with E-state index in [9.17, 15) is 4.79 Å².